The fourth-order valence-corrected chi connectivity index (χ4v) is 4.05. The molecule has 2 heterocycles. The number of nitrogens with zero attached hydrogens (tertiary/aromatic N) is 2. The number of amides is 2. The summed E-state index contributed by atoms with van der Waals surface area (Å²) in [6, 6.07) is 5.14. The summed E-state index contributed by atoms with van der Waals surface area (Å²) in [5.74, 6) is -2.29. The first-order chi connectivity index (χ1) is 15.3. The highest BCUT2D eigenvalue weighted by Crippen LogP contribution is 2.39. The van der Waals surface area contributed by atoms with E-state index in [9.17, 15) is 22.8 Å². The lowest BCUT2D eigenvalue weighted by Crippen LogP contribution is -2.50. The summed E-state index contributed by atoms with van der Waals surface area (Å²) < 4.78 is 51.5. The molecule has 1 aliphatic carbocycles. The van der Waals surface area contributed by atoms with Crippen LogP contribution >= 0.6 is 0 Å². The Morgan fingerprint density at radius 2 is 1.72 bits per heavy atom. The average molecular weight is 449 g/mol. The van der Waals surface area contributed by atoms with Crippen LogP contribution in [0.4, 0.5) is 18.9 Å². The molecule has 0 saturated heterocycles. The van der Waals surface area contributed by atoms with Crippen LogP contribution in [-0.2, 0) is 9.59 Å². The van der Waals surface area contributed by atoms with E-state index in [1.165, 1.54) is 42.7 Å². The molecule has 2 aliphatic rings. The zero-order valence-corrected chi connectivity index (χ0v) is 17.1. The molecule has 170 valence electrons. The Hall–Kier alpha value is -3.30. The Balaban J connectivity index is 1.77. The maximum Gasteiger partial charge on any atom is 0.471 e. The van der Waals surface area contributed by atoms with E-state index < -0.39 is 24.0 Å². The molecular formula is C22H22F3N3O4. The highest BCUT2D eigenvalue weighted by Gasteiger charge is 2.48. The summed E-state index contributed by atoms with van der Waals surface area (Å²) in [5.41, 5.74) is 0.0840. The van der Waals surface area contributed by atoms with E-state index in [2.05, 4.69) is 10.3 Å². The van der Waals surface area contributed by atoms with Crippen molar-refractivity contribution < 1.29 is 32.2 Å². The third-order valence-electron chi connectivity index (χ3n) is 5.58. The summed E-state index contributed by atoms with van der Waals surface area (Å²) >= 11 is 0. The number of anilines is 1. The van der Waals surface area contributed by atoms with Crippen LogP contribution in [-0.4, -0.2) is 35.8 Å². The zero-order valence-electron chi connectivity index (χ0n) is 17.1. The van der Waals surface area contributed by atoms with Crippen molar-refractivity contribution in [2.24, 2.45) is 0 Å². The van der Waals surface area contributed by atoms with E-state index in [0.29, 0.717) is 10.6 Å². The largest absolute Gasteiger partial charge is 0.471 e. The van der Waals surface area contributed by atoms with Gasteiger partial charge in [-0.25, -0.2) is 0 Å². The van der Waals surface area contributed by atoms with Crippen molar-refractivity contribution in [2.45, 2.75) is 50.4 Å². The van der Waals surface area contributed by atoms with Gasteiger partial charge in [0.15, 0.2) is 11.5 Å². The number of nitrogens with one attached hydrogen (secondary N) is 1. The molecule has 1 N–H and O–H groups in total. The van der Waals surface area contributed by atoms with Crippen LogP contribution in [0.25, 0.3) is 0 Å². The standard InChI is InChI=1S/C22H22F3N3O4/c23-22(24,25)21(30)28(16-6-7-17-18(12-16)32-13-31-17)19(14-8-10-26-11-9-14)20(29)27-15-4-2-1-3-5-15/h6-12,15,19H,1-5,13H2,(H,27,29). The van der Waals surface area contributed by atoms with Gasteiger partial charge in [-0.1, -0.05) is 19.3 Å². The monoisotopic (exact) mass is 449 g/mol. The Labute approximate surface area is 182 Å². The van der Waals surface area contributed by atoms with Crippen LogP contribution in [0.2, 0.25) is 0 Å². The summed E-state index contributed by atoms with van der Waals surface area (Å²) in [7, 11) is 0. The van der Waals surface area contributed by atoms with Gasteiger partial charge in [0.25, 0.3) is 0 Å². The number of ether oxygens (including phenoxy) is 2. The van der Waals surface area contributed by atoms with Crippen molar-refractivity contribution >= 4 is 17.5 Å². The Morgan fingerprint density at radius 1 is 1.03 bits per heavy atom. The maximum atomic E-state index is 13.7. The maximum absolute atomic E-state index is 13.7. The third-order valence-corrected chi connectivity index (χ3v) is 5.58. The van der Waals surface area contributed by atoms with Gasteiger partial charge in [0.05, 0.1) is 0 Å². The topological polar surface area (TPSA) is 80.8 Å². The fraction of sp³-hybridized carbons (Fsp3) is 0.409. The van der Waals surface area contributed by atoms with E-state index in [1.807, 2.05) is 0 Å². The predicted molar refractivity (Wildman–Crippen MR) is 108 cm³/mol. The Bertz CT molecular complexity index is 978. The Kier molecular flexibility index (Phi) is 6.20. The van der Waals surface area contributed by atoms with E-state index in [4.69, 9.17) is 9.47 Å². The number of hydrogen-bond acceptors (Lipinski definition) is 5. The fourth-order valence-electron chi connectivity index (χ4n) is 4.05. The van der Waals surface area contributed by atoms with Gasteiger partial charge in [-0.2, -0.15) is 13.2 Å². The molecule has 1 aromatic carbocycles. The molecule has 0 spiro atoms. The average Bonchev–Trinajstić information content (AvgIpc) is 3.25. The quantitative estimate of drug-likeness (QED) is 0.749. The molecule has 1 unspecified atom stereocenters. The van der Waals surface area contributed by atoms with E-state index in [-0.39, 0.29) is 29.8 Å². The number of alkyl halides is 3. The van der Waals surface area contributed by atoms with Crippen LogP contribution in [0.3, 0.4) is 0 Å². The summed E-state index contributed by atoms with van der Waals surface area (Å²) in [4.78, 5) is 30.3. The SMILES string of the molecule is O=C(NC1CCCCC1)C(c1ccncc1)N(C(=O)C(F)(F)F)c1ccc2c(c1)OCO2. The lowest BCUT2D eigenvalue weighted by atomic mass is 9.94. The van der Waals surface area contributed by atoms with Gasteiger partial charge >= 0.3 is 12.1 Å². The van der Waals surface area contributed by atoms with Gasteiger partial charge in [0.1, 0.15) is 6.04 Å². The number of aromatic nitrogens is 1. The minimum atomic E-state index is -5.20. The molecule has 1 saturated carbocycles. The minimum Gasteiger partial charge on any atom is -0.454 e. The number of rotatable bonds is 5. The van der Waals surface area contributed by atoms with Crippen LogP contribution in [0.1, 0.15) is 43.7 Å². The van der Waals surface area contributed by atoms with Crippen molar-refractivity contribution in [3.8, 4) is 11.5 Å². The van der Waals surface area contributed by atoms with Crippen molar-refractivity contribution in [1.29, 1.82) is 0 Å². The predicted octanol–water partition coefficient (Wildman–Crippen LogP) is 3.90. The highest BCUT2D eigenvalue weighted by molar-refractivity contribution is 6.04. The van der Waals surface area contributed by atoms with Gasteiger partial charge < -0.3 is 14.8 Å². The number of carbonyl (C=O) groups is 2. The molecule has 0 bridgehead atoms. The van der Waals surface area contributed by atoms with Crippen molar-refractivity contribution in [3.63, 3.8) is 0 Å². The van der Waals surface area contributed by atoms with Gasteiger partial charge in [0.2, 0.25) is 12.7 Å². The van der Waals surface area contributed by atoms with Crippen LogP contribution in [0.5, 0.6) is 11.5 Å². The number of fused-ring (bicyclic) bond motifs is 1. The van der Waals surface area contributed by atoms with E-state index >= 15 is 0 Å². The van der Waals surface area contributed by atoms with E-state index in [1.54, 1.807) is 0 Å². The number of halogens is 3. The van der Waals surface area contributed by atoms with Crippen LogP contribution in [0, 0.1) is 0 Å². The van der Waals surface area contributed by atoms with Crippen molar-refractivity contribution in [1.82, 2.24) is 10.3 Å². The summed E-state index contributed by atoms with van der Waals surface area (Å²) in [6.07, 6.45) is 1.93. The molecule has 1 aliphatic heterocycles. The van der Waals surface area contributed by atoms with Gasteiger partial charge in [-0.05, 0) is 42.7 Å². The molecule has 0 radical (unpaired) electrons. The molecule has 7 nitrogen and oxygen atoms in total. The van der Waals surface area contributed by atoms with Crippen LogP contribution < -0.4 is 19.7 Å². The second kappa shape index (κ2) is 9.05. The van der Waals surface area contributed by atoms with Crippen LogP contribution in [0.15, 0.2) is 42.7 Å². The summed E-state index contributed by atoms with van der Waals surface area (Å²) in [6.45, 7) is -0.0814. The first-order valence-corrected chi connectivity index (χ1v) is 10.3. The molecular weight excluding hydrogens is 427 g/mol. The molecule has 1 aromatic heterocycles. The molecule has 2 aromatic rings. The second-order valence-corrected chi connectivity index (χ2v) is 7.74. The number of benzene rings is 1. The van der Waals surface area contributed by atoms with Crippen molar-refractivity contribution in [3.05, 3.63) is 48.3 Å². The lowest BCUT2D eigenvalue weighted by molar-refractivity contribution is -0.171. The molecule has 1 atom stereocenters. The zero-order chi connectivity index (χ0) is 22.7. The van der Waals surface area contributed by atoms with Gasteiger partial charge in [-0.15, -0.1) is 0 Å². The van der Waals surface area contributed by atoms with Gasteiger partial charge in [-0.3, -0.25) is 19.5 Å². The molecule has 32 heavy (non-hydrogen) atoms. The third kappa shape index (κ3) is 4.63. The number of carbonyl (C=O) groups excluding carboxylic acids is 2. The molecule has 4 rings (SSSR count). The second-order valence-electron chi connectivity index (χ2n) is 7.74. The first kappa shape index (κ1) is 21.9. The molecule has 1 fully saturated rings. The normalized spacial score (nSPS) is 17.0. The highest BCUT2D eigenvalue weighted by atomic mass is 19.4. The smallest absolute Gasteiger partial charge is 0.454 e. The lowest BCUT2D eigenvalue weighted by Gasteiger charge is -2.33. The number of hydrogen-bond donors (Lipinski definition) is 1. The number of pyridine rings is 1. The molecule has 2 amide bonds. The Morgan fingerprint density at radius 3 is 2.41 bits per heavy atom. The van der Waals surface area contributed by atoms with Crippen molar-refractivity contribution in [2.75, 3.05) is 11.7 Å². The first-order valence-electron chi connectivity index (χ1n) is 10.3. The molecule has 10 heteroatoms. The minimum absolute atomic E-state index is 0.0814. The van der Waals surface area contributed by atoms with Gasteiger partial charge in [0, 0.05) is 30.2 Å². The summed E-state index contributed by atoms with van der Waals surface area (Å²) in [5, 5.41) is 2.85. The van der Waals surface area contributed by atoms with E-state index in [0.717, 1.165) is 32.1 Å².